The van der Waals surface area contributed by atoms with Crippen molar-refractivity contribution < 1.29 is 0 Å². The van der Waals surface area contributed by atoms with Gasteiger partial charge in [0.1, 0.15) is 12.0 Å². The summed E-state index contributed by atoms with van der Waals surface area (Å²) in [5, 5.41) is 11.1. The van der Waals surface area contributed by atoms with Crippen LogP contribution >= 0.6 is 11.3 Å². The Kier molecular flexibility index (Phi) is 3.31. The third-order valence-corrected chi connectivity index (χ3v) is 3.18. The highest BCUT2D eigenvalue weighted by Gasteiger charge is 2.12. The molecule has 0 spiro atoms. The van der Waals surface area contributed by atoms with Gasteiger partial charge >= 0.3 is 0 Å². The Morgan fingerprint density at radius 1 is 1.50 bits per heavy atom. The molecule has 0 radical (unpaired) electrons. The molecule has 86 valence electrons. The number of thiazole rings is 1. The van der Waals surface area contributed by atoms with Gasteiger partial charge in [0, 0.05) is 17.8 Å². The Balaban J connectivity index is 2.31. The van der Waals surface area contributed by atoms with Crippen LogP contribution in [0.1, 0.15) is 24.9 Å². The van der Waals surface area contributed by atoms with E-state index in [1.54, 1.807) is 17.7 Å². The Labute approximate surface area is 98.3 Å². The van der Waals surface area contributed by atoms with Crippen molar-refractivity contribution in [2.24, 2.45) is 5.73 Å². The smallest absolute Gasteiger partial charge is 0.183 e. The molecule has 0 bridgehead atoms. The summed E-state index contributed by atoms with van der Waals surface area (Å²) >= 11 is 1.62. The van der Waals surface area contributed by atoms with Gasteiger partial charge in [-0.25, -0.2) is 4.98 Å². The molecule has 0 saturated carbocycles. The highest BCUT2D eigenvalue weighted by molar-refractivity contribution is 7.09. The van der Waals surface area contributed by atoms with E-state index in [9.17, 15) is 0 Å². The van der Waals surface area contributed by atoms with Gasteiger partial charge in [0.25, 0.3) is 0 Å². The molecule has 0 unspecified atom stereocenters. The van der Waals surface area contributed by atoms with Gasteiger partial charge in [-0.2, -0.15) is 0 Å². The zero-order valence-corrected chi connectivity index (χ0v) is 10.2. The molecular weight excluding hydrogens is 222 g/mol. The van der Waals surface area contributed by atoms with Gasteiger partial charge in [0.15, 0.2) is 5.82 Å². The molecule has 0 aliphatic carbocycles. The van der Waals surface area contributed by atoms with E-state index in [2.05, 4.69) is 29.0 Å². The first-order valence-corrected chi connectivity index (χ1v) is 6.14. The van der Waals surface area contributed by atoms with Crippen molar-refractivity contribution in [2.75, 3.05) is 6.54 Å². The first-order valence-electron chi connectivity index (χ1n) is 5.26. The molecule has 6 heteroatoms. The molecule has 5 nitrogen and oxygen atoms in total. The number of aromatic nitrogens is 4. The van der Waals surface area contributed by atoms with Gasteiger partial charge in [0.2, 0.25) is 0 Å². The van der Waals surface area contributed by atoms with Gasteiger partial charge in [-0.1, -0.05) is 0 Å². The van der Waals surface area contributed by atoms with Crippen LogP contribution in [0.2, 0.25) is 0 Å². The van der Waals surface area contributed by atoms with Gasteiger partial charge in [-0.05, 0) is 20.4 Å². The Morgan fingerprint density at radius 2 is 2.31 bits per heavy atom. The summed E-state index contributed by atoms with van der Waals surface area (Å²) in [6.07, 6.45) is 2.56. The van der Waals surface area contributed by atoms with Crippen molar-refractivity contribution in [1.29, 1.82) is 0 Å². The van der Waals surface area contributed by atoms with E-state index in [0.717, 1.165) is 22.9 Å². The molecule has 0 fully saturated rings. The molecule has 0 amide bonds. The van der Waals surface area contributed by atoms with E-state index in [0.29, 0.717) is 12.6 Å². The number of hydrogen-bond donors (Lipinski definition) is 1. The lowest BCUT2D eigenvalue weighted by Crippen LogP contribution is -2.03. The second-order valence-electron chi connectivity index (χ2n) is 3.82. The molecule has 0 aliphatic rings. The molecule has 2 heterocycles. The predicted molar refractivity (Wildman–Crippen MR) is 64.3 cm³/mol. The minimum absolute atomic E-state index is 0.338. The number of rotatable bonds is 4. The molecule has 0 aliphatic heterocycles. The molecule has 2 aromatic rings. The fourth-order valence-corrected chi connectivity index (χ4v) is 2.25. The second kappa shape index (κ2) is 4.71. The summed E-state index contributed by atoms with van der Waals surface area (Å²) in [5.74, 6) is 0.828. The van der Waals surface area contributed by atoms with Crippen LogP contribution in [0.3, 0.4) is 0 Å². The quantitative estimate of drug-likeness (QED) is 0.874. The van der Waals surface area contributed by atoms with Crippen molar-refractivity contribution in [3.05, 3.63) is 16.7 Å². The molecule has 0 saturated heterocycles. The number of nitrogens with two attached hydrogens (primary N) is 1. The fourth-order valence-electron chi connectivity index (χ4n) is 1.46. The zero-order valence-electron chi connectivity index (χ0n) is 9.42. The summed E-state index contributed by atoms with van der Waals surface area (Å²) in [4.78, 5) is 4.50. The van der Waals surface area contributed by atoms with E-state index < -0.39 is 0 Å². The van der Waals surface area contributed by atoms with Crippen LogP contribution < -0.4 is 5.73 Å². The maximum atomic E-state index is 5.50. The monoisotopic (exact) mass is 237 g/mol. The van der Waals surface area contributed by atoms with E-state index in [4.69, 9.17) is 5.73 Å². The highest BCUT2D eigenvalue weighted by Crippen LogP contribution is 2.22. The summed E-state index contributed by atoms with van der Waals surface area (Å²) < 4.78 is 2.02. The molecule has 0 aromatic carbocycles. The maximum Gasteiger partial charge on any atom is 0.183 e. The number of nitrogens with zero attached hydrogens (tertiary/aromatic N) is 4. The fraction of sp³-hybridized carbons (Fsp3) is 0.500. The van der Waals surface area contributed by atoms with Crippen LogP contribution in [0, 0.1) is 0 Å². The van der Waals surface area contributed by atoms with E-state index in [1.807, 2.05) is 9.95 Å². The van der Waals surface area contributed by atoms with Crippen LogP contribution in [0.15, 0.2) is 11.7 Å². The van der Waals surface area contributed by atoms with E-state index in [-0.39, 0.29) is 0 Å². The first kappa shape index (κ1) is 11.2. The molecule has 2 N–H and O–H groups in total. The van der Waals surface area contributed by atoms with Crippen molar-refractivity contribution in [2.45, 2.75) is 26.3 Å². The highest BCUT2D eigenvalue weighted by atomic mass is 32.1. The summed E-state index contributed by atoms with van der Waals surface area (Å²) in [5.41, 5.74) is 6.39. The lowest BCUT2D eigenvalue weighted by Gasteiger charge is -2.07. The Bertz CT molecular complexity index is 459. The minimum Gasteiger partial charge on any atom is -0.330 e. The standard InChI is InChI=1S/C10H15N5S/c1-7(2)15-6-12-14-10(15)8-5-16-9(13-8)3-4-11/h5-7H,3-4,11H2,1-2H3. The molecule has 2 aromatic heterocycles. The third-order valence-electron chi connectivity index (χ3n) is 2.27. The van der Waals surface area contributed by atoms with E-state index >= 15 is 0 Å². The lowest BCUT2D eigenvalue weighted by molar-refractivity contribution is 0.603. The van der Waals surface area contributed by atoms with Gasteiger partial charge < -0.3 is 10.3 Å². The lowest BCUT2D eigenvalue weighted by atomic mass is 10.3. The third kappa shape index (κ3) is 2.12. The predicted octanol–water partition coefficient (Wildman–Crippen LogP) is 1.48. The van der Waals surface area contributed by atoms with Gasteiger partial charge in [-0.3, -0.25) is 0 Å². The average molecular weight is 237 g/mol. The Morgan fingerprint density at radius 3 is 3.00 bits per heavy atom. The summed E-state index contributed by atoms with van der Waals surface area (Å²) in [7, 11) is 0. The van der Waals surface area contributed by atoms with Crippen LogP contribution in [0.25, 0.3) is 11.5 Å². The largest absolute Gasteiger partial charge is 0.330 e. The topological polar surface area (TPSA) is 69.6 Å². The second-order valence-corrected chi connectivity index (χ2v) is 4.76. The molecular formula is C10H15N5S. The zero-order chi connectivity index (χ0) is 11.5. The van der Waals surface area contributed by atoms with Crippen molar-refractivity contribution in [1.82, 2.24) is 19.7 Å². The van der Waals surface area contributed by atoms with Crippen molar-refractivity contribution in [3.63, 3.8) is 0 Å². The van der Waals surface area contributed by atoms with Crippen LogP contribution in [0.5, 0.6) is 0 Å². The van der Waals surface area contributed by atoms with E-state index in [1.165, 1.54) is 0 Å². The summed E-state index contributed by atoms with van der Waals surface area (Å²) in [6.45, 7) is 4.82. The SMILES string of the molecule is CC(C)n1cnnc1-c1csc(CCN)n1. The minimum atomic E-state index is 0.338. The van der Waals surface area contributed by atoms with Crippen molar-refractivity contribution >= 4 is 11.3 Å². The van der Waals surface area contributed by atoms with Gasteiger partial charge in [0.05, 0.1) is 5.01 Å². The number of hydrogen-bond acceptors (Lipinski definition) is 5. The first-order chi connectivity index (χ1) is 7.72. The normalized spacial score (nSPS) is 11.2. The maximum absolute atomic E-state index is 5.50. The van der Waals surface area contributed by atoms with Crippen LogP contribution in [-0.2, 0) is 6.42 Å². The van der Waals surface area contributed by atoms with Crippen molar-refractivity contribution in [3.8, 4) is 11.5 Å². The van der Waals surface area contributed by atoms with Gasteiger partial charge in [-0.15, -0.1) is 21.5 Å². The molecule has 0 atom stereocenters. The summed E-state index contributed by atoms with van der Waals surface area (Å²) in [6, 6.07) is 0.338. The van der Waals surface area contributed by atoms with Crippen LogP contribution in [0.4, 0.5) is 0 Å². The Hall–Kier alpha value is -1.27. The van der Waals surface area contributed by atoms with Crippen LogP contribution in [-0.4, -0.2) is 26.3 Å². The molecule has 2 rings (SSSR count). The average Bonchev–Trinajstić information content (AvgIpc) is 2.83. The molecule has 16 heavy (non-hydrogen) atoms.